The standard InChI is InChI=1S/C25H42N2O3/c1-2-3-4-5-6-7-8-24(29)13-14-25(30)26-19-21-9-11-23(12-10-21)27-17-15-22(20-28)16-18-27/h9-12,22,24,28-29H,2-8,13-20H2,1H3,(H,26,30)/t24-/m1/s1. The maximum Gasteiger partial charge on any atom is 0.220 e. The van der Waals surface area contributed by atoms with E-state index in [1.165, 1.54) is 37.8 Å². The van der Waals surface area contributed by atoms with Crippen molar-refractivity contribution in [2.24, 2.45) is 5.92 Å². The molecule has 0 saturated carbocycles. The number of unbranched alkanes of at least 4 members (excludes halogenated alkanes) is 5. The molecule has 170 valence electrons. The Kier molecular flexibility index (Phi) is 11.9. The number of aliphatic hydroxyl groups excluding tert-OH is 2. The van der Waals surface area contributed by atoms with Crippen molar-refractivity contribution in [2.45, 2.75) is 90.2 Å². The Morgan fingerprint density at radius 3 is 2.40 bits per heavy atom. The summed E-state index contributed by atoms with van der Waals surface area (Å²) in [4.78, 5) is 14.5. The molecule has 1 aliphatic heterocycles. The molecule has 1 aromatic carbocycles. The van der Waals surface area contributed by atoms with Crippen LogP contribution in [0.5, 0.6) is 0 Å². The summed E-state index contributed by atoms with van der Waals surface area (Å²) in [5, 5.41) is 22.3. The molecule has 30 heavy (non-hydrogen) atoms. The van der Waals surface area contributed by atoms with E-state index in [1.807, 2.05) is 0 Å². The summed E-state index contributed by atoms with van der Waals surface area (Å²) in [6.45, 7) is 5.01. The Bertz CT molecular complexity index is 583. The normalized spacial score (nSPS) is 15.9. The van der Waals surface area contributed by atoms with Crippen LogP contribution in [0.4, 0.5) is 5.69 Å². The first-order valence-electron chi connectivity index (χ1n) is 12.0. The second-order valence-corrected chi connectivity index (χ2v) is 8.81. The van der Waals surface area contributed by atoms with Crippen molar-refractivity contribution < 1.29 is 15.0 Å². The molecule has 5 heteroatoms. The van der Waals surface area contributed by atoms with Crippen LogP contribution in [0.1, 0.15) is 83.1 Å². The number of nitrogens with one attached hydrogen (secondary N) is 1. The van der Waals surface area contributed by atoms with E-state index < -0.39 is 0 Å². The Hall–Kier alpha value is -1.59. The van der Waals surface area contributed by atoms with Crippen molar-refractivity contribution in [1.82, 2.24) is 5.32 Å². The zero-order valence-electron chi connectivity index (χ0n) is 18.8. The molecule has 3 N–H and O–H groups in total. The first-order chi connectivity index (χ1) is 14.6. The van der Waals surface area contributed by atoms with Crippen molar-refractivity contribution in [3.8, 4) is 0 Å². The molecule has 1 atom stereocenters. The van der Waals surface area contributed by atoms with Gasteiger partial charge in [-0.15, -0.1) is 0 Å². The Morgan fingerprint density at radius 1 is 1.07 bits per heavy atom. The number of piperidine rings is 1. The number of carbonyl (C=O) groups excluding carboxylic acids is 1. The Labute approximate surface area is 182 Å². The lowest BCUT2D eigenvalue weighted by Crippen LogP contribution is -2.34. The second-order valence-electron chi connectivity index (χ2n) is 8.81. The van der Waals surface area contributed by atoms with Crippen molar-refractivity contribution in [2.75, 3.05) is 24.6 Å². The highest BCUT2D eigenvalue weighted by Gasteiger charge is 2.18. The van der Waals surface area contributed by atoms with E-state index >= 15 is 0 Å². The molecular weight excluding hydrogens is 376 g/mol. The third-order valence-corrected chi connectivity index (χ3v) is 6.26. The minimum Gasteiger partial charge on any atom is -0.396 e. The molecule has 5 nitrogen and oxygen atoms in total. The smallest absolute Gasteiger partial charge is 0.220 e. The molecule has 0 aromatic heterocycles. The van der Waals surface area contributed by atoms with Crippen LogP contribution < -0.4 is 10.2 Å². The van der Waals surface area contributed by atoms with E-state index in [0.717, 1.165) is 44.3 Å². The molecule has 0 radical (unpaired) electrons. The van der Waals surface area contributed by atoms with Gasteiger partial charge in [0.15, 0.2) is 0 Å². The Balaban J connectivity index is 1.58. The van der Waals surface area contributed by atoms with Crippen LogP contribution in [-0.2, 0) is 11.3 Å². The van der Waals surface area contributed by atoms with Crippen LogP contribution in [0.3, 0.4) is 0 Å². The first kappa shape index (κ1) is 24.7. The maximum atomic E-state index is 12.1. The van der Waals surface area contributed by atoms with Gasteiger partial charge in [0.05, 0.1) is 6.10 Å². The number of carbonyl (C=O) groups is 1. The first-order valence-corrected chi connectivity index (χ1v) is 12.0. The number of amides is 1. The van der Waals surface area contributed by atoms with Gasteiger partial charge in [0.1, 0.15) is 0 Å². The Morgan fingerprint density at radius 2 is 1.73 bits per heavy atom. The quantitative estimate of drug-likeness (QED) is 0.392. The summed E-state index contributed by atoms with van der Waals surface area (Å²) in [6, 6.07) is 8.37. The molecule has 0 bridgehead atoms. The molecule has 1 fully saturated rings. The van der Waals surface area contributed by atoms with Gasteiger partial charge in [0.2, 0.25) is 5.91 Å². The van der Waals surface area contributed by atoms with E-state index in [2.05, 4.69) is 41.4 Å². The molecule has 1 aromatic rings. The molecular formula is C25H42N2O3. The largest absolute Gasteiger partial charge is 0.396 e. The lowest BCUT2D eigenvalue weighted by atomic mass is 9.97. The zero-order valence-corrected chi connectivity index (χ0v) is 18.8. The average Bonchev–Trinajstić information content (AvgIpc) is 2.79. The van der Waals surface area contributed by atoms with Crippen LogP contribution in [0.25, 0.3) is 0 Å². The van der Waals surface area contributed by atoms with Gasteiger partial charge >= 0.3 is 0 Å². The van der Waals surface area contributed by atoms with Crippen LogP contribution in [0, 0.1) is 5.92 Å². The van der Waals surface area contributed by atoms with Gasteiger partial charge in [-0.2, -0.15) is 0 Å². The third kappa shape index (κ3) is 9.48. The molecule has 0 aliphatic carbocycles. The van der Waals surface area contributed by atoms with Crippen molar-refractivity contribution in [3.63, 3.8) is 0 Å². The zero-order chi connectivity index (χ0) is 21.6. The number of hydrogen-bond donors (Lipinski definition) is 3. The number of anilines is 1. The molecule has 1 saturated heterocycles. The van der Waals surface area contributed by atoms with Gasteiger partial charge in [-0.25, -0.2) is 0 Å². The summed E-state index contributed by atoms with van der Waals surface area (Å²) in [6.07, 6.45) is 10.8. The van der Waals surface area contributed by atoms with Gasteiger partial charge in [0, 0.05) is 38.3 Å². The monoisotopic (exact) mass is 418 g/mol. The average molecular weight is 419 g/mol. The highest BCUT2D eigenvalue weighted by molar-refractivity contribution is 5.75. The fourth-order valence-electron chi connectivity index (χ4n) is 4.09. The van der Waals surface area contributed by atoms with Gasteiger partial charge in [-0.05, 0) is 49.3 Å². The lowest BCUT2D eigenvalue weighted by molar-refractivity contribution is -0.121. The highest BCUT2D eigenvalue weighted by atomic mass is 16.3. The molecule has 0 unspecified atom stereocenters. The molecule has 1 aliphatic rings. The van der Waals surface area contributed by atoms with E-state index in [-0.39, 0.29) is 12.0 Å². The van der Waals surface area contributed by atoms with Crippen LogP contribution >= 0.6 is 0 Å². The number of rotatable bonds is 14. The van der Waals surface area contributed by atoms with Crippen molar-refractivity contribution in [1.29, 1.82) is 0 Å². The van der Waals surface area contributed by atoms with Crippen LogP contribution in [-0.4, -0.2) is 41.9 Å². The predicted octanol–water partition coefficient (Wildman–Crippen LogP) is 4.40. The summed E-state index contributed by atoms with van der Waals surface area (Å²) < 4.78 is 0. The topological polar surface area (TPSA) is 72.8 Å². The highest BCUT2D eigenvalue weighted by Crippen LogP contribution is 2.23. The number of nitrogens with zero attached hydrogens (tertiary/aromatic N) is 1. The van der Waals surface area contributed by atoms with Crippen molar-refractivity contribution in [3.05, 3.63) is 29.8 Å². The van der Waals surface area contributed by atoms with Gasteiger partial charge in [-0.3, -0.25) is 4.79 Å². The lowest BCUT2D eigenvalue weighted by Gasteiger charge is -2.33. The molecule has 2 rings (SSSR count). The van der Waals surface area contributed by atoms with Gasteiger partial charge < -0.3 is 20.4 Å². The third-order valence-electron chi connectivity index (χ3n) is 6.26. The summed E-state index contributed by atoms with van der Waals surface area (Å²) in [5.74, 6) is 0.451. The minimum absolute atomic E-state index is 0.00662. The predicted molar refractivity (Wildman–Crippen MR) is 124 cm³/mol. The molecule has 1 amide bonds. The SMILES string of the molecule is CCCCCCCC[C@@H](O)CCC(=O)NCc1ccc(N2CCC(CO)CC2)cc1. The summed E-state index contributed by atoms with van der Waals surface area (Å²) >= 11 is 0. The van der Waals surface area contributed by atoms with E-state index in [9.17, 15) is 15.0 Å². The van der Waals surface area contributed by atoms with Crippen molar-refractivity contribution >= 4 is 11.6 Å². The molecule has 0 spiro atoms. The second kappa shape index (κ2) is 14.4. The number of benzene rings is 1. The maximum absolute atomic E-state index is 12.1. The van der Waals surface area contributed by atoms with E-state index in [4.69, 9.17) is 0 Å². The van der Waals surface area contributed by atoms with E-state index in [1.54, 1.807) is 0 Å². The fraction of sp³-hybridized carbons (Fsp3) is 0.720. The van der Waals surface area contributed by atoms with Gasteiger partial charge in [-0.1, -0.05) is 57.6 Å². The fourth-order valence-corrected chi connectivity index (χ4v) is 4.09. The minimum atomic E-state index is -0.365. The van der Waals surface area contributed by atoms with Crippen LogP contribution in [0.15, 0.2) is 24.3 Å². The van der Waals surface area contributed by atoms with Gasteiger partial charge in [0.25, 0.3) is 0 Å². The van der Waals surface area contributed by atoms with E-state index in [0.29, 0.717) is 31.9 Å². The number of hydrogen-bond acceptors (Lipinski definition) is 4. The number of aliphatic hydroxyl groups is 2. The van der Waals surface area contributed by atoms with Crippen LogP contribution in [0.2, 0.25) is 0 Å². The summed E-state index contributed by atoms with van der Waals surface area (Å²) in [5.41, 5.74) is 2.30. The molecule has 1 heterocycles. The summed E-state index contributed by atoms with van der Waals surface area (Å²) in [7, 11) is 0.